The maximum absolute atomic E-state index is 11.3. The molecule has 13 heavy (non-hydrogen) atoms. The van der Waals surface area contributed by atoms with Gasteiger partial charge in [-0.3, -0.25) is 4.79 Å². The lowest BCUT2D eigenvalue weighted by Gasteiger charge is -2.02. The van der Waals surface area contributed by atoms with Gasteiger partial charge in [-0.1, -0.05) is 12.1 Å². The van der Waals surface area contributed by atoms with E-state index in [4.69, 9.17) is 4.74 Å². The van der Waals surface area contributed by atoms with Crippen molar-refractivity contribution < 1.29 is 9.53 Å². The van der Waals surface area contributed by atoms with Crippen molar-refractivity contribution in [2.45, 2.75) is 0 Å². The van der Waals surface area contributed by atoms with E-state index in [9.17, 15) is 4.79 Å². The third-order valence-corrected chi connectivity index (χ3v) is 1.73. The molecule has 1 rings (SSSR count). The second-order valence-corrected chi connectivity index (χ2v) is 2.71. The minimum absolute atomic E-state index is 0.354. The number of ether oxygens (including phenoxy) is 1. The van der Waals surface area contributed by atoms with Crippen molar-refractivity contribution in [3.05, 3.63) is 29.8 Å². The Morgan fingerprint density at radius 1 is 1.46 bits per heavy atom. The molecule has 0 aromatic heterocycles. The highest BCUT2D eigenvalue weighted by atomic mass is 28.2. The summed E-state index contributed by atoms with van der Waals surface area (Å²) in [4.78, 5) is 11.3. The number of hydrogen-bond acceptors (Lipinski definition) is 3. The zero-order chi connectivity index (χ0) is 9.68. The smallest absolute Gasteiger partial charge is 0.297 e. The molecule has 0 unspecified atom stereocenters. The van der Waals surface area contributed by atoms with Crippen LogP contribution in [0.3, 0.4) is 0 Å². The van der Waals surface area contributed by atoms with E-state index in [1.54, 1.807) is 24.3 Å². The maximum atomic E-state index is 11.3. The topological polar surface area (TPSA) is 51.0 Å². The Morgan fingerprint density at radius 2 is 2.15 bits per heavy atom. The van der Waals surface area contributed by atoms with E-state index < -0.39 is 0 Å². The van der Waals surface area contributed by atoms with Gasteiger partial charge in [-0.25, -0.2) is 4.78 Å². The van der Waals surface area contributed by atoms with Crippen LogP contribution in [0.2, 0.25) is 0 Å². The third kappa shape index (κ3) is 2.22. The Balaban J connectivity index is 3.05. The van der Waals surface area contributed by atoms with Crippen molar-refractivity contribution in [2.24, 2.45) is 9.89 Å². The molecule has 0 radical (unpaired) electrons. The van der Waals surface area contributed by atoms with Crippen molar-refractivity contribution >= 4 is 16.3 Å². The molecule has 68 valence electrons. The number of rotatable bonds is 2. The molecule has 0 aliphatic rings. The maximum Gasteiger partial charge on any atom is 0.297 e. The molecule has 0 N–H and O–H groups in total. The second-order valence-electron chi connectivity index (χ2n) is 2.31. The van der Waals surface area contributed by atoms with E-state index in [0.717, 1.165) is 0 Å². The summed E-state index contributed by atoms with van der Waals surface area (Å²) in [7, 11) is 2.05. The van der Waals surface area contributed by atoms with Gasteiger partial charge in [-0.2, -0.15) is 0 Å². The number of carbonyl (C=O) groups is 1. The SMILES string of the molecule is COc1ccccc1C(=O)N=N[SiH3]. The fourth-order valence-electron chi connectivity index (χ4n) is 0.966. The van der Waals surface area contributed by atoms with Crippen LogP contribution in [0.5, 0.6) is 5.75 Å². The first-order valence-corrected chi connectivity index (χ1v) is 4.66. The Labute approximate surface area is 79.1 Å². The van der Waals surface area contributed by atoms with E-state index in [1.807, 2.05) is 0 Å². The number of benzene rings is 1. The summed E-state index contributed by atoms with van der Waals surface area (Å²) in [5, 5.41) is 3.47. The largest absolute Gasteiger partial charge is 0.496 e. The summed E-state index contributed by atoms with van der Waals surface area (Å²) in [6.45, 7) is 0. The number of nitrogens with zero attached hydrogens (tertiary/aromatic N) is 2. The summed E-state index contributed by atoms with van der Waals surface area (Å²) >= 11 is 0. The van der Waals surface area contributed by atoms with Gasteiger partial charge in [0.15, 0.2) is 10.4 Å². The molecular weight excluding hydrogens is 184 g/mol. The van der Waals surface area contributed by atoms with Gasteiger partial charge in [0.1, 0.15) is 5.75 Å². The van der Waals surface area contributed by atoms with Gasteiger partial charge in [-0.15, -0.1) is 5.11 Å². The first kappa shape index (κ1) is 9.59. The van der Waals surface area contributed by atoms with E-state index in [1.165, 1.54) is 7.11 Å². The lowest BCUT2D eigenvalue weighted by Crippen LogP contribution is -1.97. The van der Waals surface area contributed by atoms with Crippen LogP contribution in [0.25, 0.3) is 0 Å². The molecule has 0 fully saturated rings. The van der Waals surface area contributed by atoms with Crippen LogP contribution >= 0.6 is 0 Å². The zero-order valence-corrected chi connectivity index (χ0v) is 9.52. The molecule has 0 aliphatic carbocycles. The van der Waals surface area contributed by atoms with Crippen molar-refractivity contribution in [1.82, 2.24) is 0 Å². The molecule has 5 heteroatoms. The molecule has 0 aliphatic heterocycles. The highest BCUT2D eigenvalue weighted by Gasteiger charge is 2.09. The Kier molecular flexibility index (Phi) is 3.33. The number of para-hydroxylation sites is 1. The highest BCUT2D eigenvalue weighted by Crippen LogP contribution is 2.17. The zero-order valence-electron chi connectivity index (χ0n) is 7.52. The summed E-state index contributed by atoms with van der Waals surface area (Å²) in [5.41, 5.74) is 0.449. The standard InChI is InChI=1S/C8H10N2O2Si/c1-12-7-5-3-2-4-6(7)8(11)9-10-13/h2-5H,1,13H3. The molecular formula is C8H10N2O2Si. The van der Waals surface area contributed by atoms with Gasteiger partial charge < -0.3 is 4.74 Å². The summed E-state index contributed by atoms with van der Waals surface area (Å²) in [6, 6.07) is 6.94. The lowest BCUT2D eigenvalue weighted by atomic mass is 10.2. The van der Waals surface area contributed by atoms with Crippen molar-refractivity contribution in [3.8, 4) is 5.75 Å². The molecule has 0 heterocycles. The quantitative estimate of drug-likeness (QED) is 0.510. The van der Waals surface area contributed by atoms with Crippen LogP contribution < -0.4 is 4.74 Å². The average molecular weight is 194 g/mol. The van der Waals surface area contributed by atoms with Crippen LogP contribution in [-0.2, 0) is 0 Å². The first-order chi connectivity index (χ1) is 6.29. The van der Waals surface area contributed by atoms with Crippen molar-refractivity contribution in [2.75, 3.05) is 7.11 Å². The summed E-state index contributed by atoms with van der Waals surface area (Å²) < 4.78 is 8.55. The van der Waals surface area contributed by atoms with Gasteiger partial charge >= 0.3 is 0 Å². The molecule has 0 spiro atoms. The van der Waals surface area contributed by atoms with Crippen LogP contribution in [-0.4, -0.2) is 23.4 Å². The molecule has 1 aromatic carbocycles. The molecule has 0 atom stereocenters. The van der Waals surface area contributed by atoms with Crippen molar-refractivity contribution in [3.63, 3.8) is 0 Å². The Hall–Kier alpha value is -1.49. The summed E-state index contributed by atoms with van der Waals surface area (Å²) in [5.74, 6) is 0.175. The molecule has 1 amide bonds. The average Bonchev–Trinajstić information content (AvgIpc) is 2.18. The van der Waals surface area contributed by atoms with E-state index in [-0.39, 0.29) is 5.91 Å². The van der Waals surface area contributed by atoms with Crippen LogP contribution in [0.15, 0.2) is 34.2 Å². The predicted molar refractivity (Wildman–Crippen MR) is 52.1 cm³/mol. The second kappa shape index (κ2) is 4.51. The molecule has 1 aromatic rings. The third-order valence-electron chi connectivity index (χ3n) is 1.53. The van der Waals surface area contributed by atoms with E-state index in [0.29, 0.717) is 21.7 Å². The van der Waals surface area contributed by atoms with E-state index >= 15 is 0 Å². The minimum atomic E-state index is -0.354. The monoisotopic (exact) mass is 194 g/mol. The Morgan fingerprint density at radius 3 is 2.77 bits per heavy atom. The van der Waals surface area contributed by atoms with Gasteiger partial charge in [-0.05, 0) is 12.1 Å². The molecule has 0 saturated carbocycles. The molecule has 0 bridgehead atoms. The van der Waals surface area contributed by atoms with Crippen LogP contribution in [0, 0.1) is 0 Å². The molecule has 4 nitrogen and oxygen atoms in total. The highest BCUT2D eigenvalue weighted by molar-refractivity contribution is 6.06. The van der Waals surface area contributed by atoms with Gasteiger partial charge in [0, 0.05) is 0 Å². The van der Waals surface area contributed by atoms with Crippen molar-refractivity contribution in [1.29, 1.82) is 0 Å². The van der Waals surface area contributed by atoms with E-state index in [2.05, 4.69) is 9.89 Å². The van der Waals surface area contributed by atoms with Gasteiger partial charge in [0.05, 0.1) is 12.7 Å². The first-order valence-electron chi connectivity index (χ1n) is 3.76. The molecule has 0 saturated heterocycles. The number of carbonyl (C=O) groups excluding carboxylic acids is 1. The minimum Gasteiger partial charge on any atom is -0.496 e. The Bertz CT molecular complexity index is 339. The van der Waals surface area contributed by atoms with Crippen LogP contribution in [0.4, 0.5) is 0 Å². The van der Waals surface area contributed by atoms with Gasteiger partial charge in [0.2, 0.25) is 0 Å². The fourth-order valence-corrected chi connectivity index (χ4v) is 1.15. The number of amides is 1. The fraction of sp³-hybridized carbons (Fsp3) is 0.125. The number of methoxy groups -OCH3 is 1. The lowest BCUT2D eigenvalue weighted by molar-refractivity contribution is 0.0993. The predicted octanol–water partition coefficient (Wildman–Crippen LogP) is 0.568. The normalized spacial score (nSPS) is 10.5. The van der Waals surface area contributed by atoms with Crippen LogP contribution in [0.1, 0.15) is 10.4 Å². The summed E-state index contributed by atoms with van der Waals surface area (Å²) in [6.07, 6.45) is 0. The van der Waals surface area contributed by atoms with Gasteiger partial charge in [0.25, 0.3) is 5.91 Å². The number of hydrogen-bond donors (Lipinski definition) is 0.